The van der Waals surface area contributed by atoms with E-state index in [2.05, 4.69) is 5.32 Å². The van der Waals surface area contributed by atoms with E-state index < -0.39 is 24.3 Å². The fourth-order valence-electron chi connectivity index (χ4n) is 1.85. The van der Waals surface area contributed by atoms with Crippen LogP contribution in [0.1, 0.15) is 27.6 Å². The highest BCUT2D eigenvalue weighted by molar-refractivity contribution is 5.98. The van der Waals surface area contributed by atoms with Gasteiger partial charge in [0, 0.05) is 11.3 Å². The molecular weight excluding hydrogens is 301 g/mol. The zero-order valence-corrected chi connectivity index (χ0v) is 12.3. The van der Waals surface area contributed by atoms with Crippen LogP contribution in [-0.4, -0.2) is 24.3 Å². The molecule has 0 heterocycles. The van der Waals surface area contributed by atoms with Crippen molar-refractivity contribution in [3.8, 4) is 0 Å². The van der Waals surface area contributed by atoms with E-state index in [1.807, 2.05) is 0 Å². The number of ketones is 1. The molecule has 0 atom stereocenters. The molecule has 118 valence electrons. The highest BCUT2D eigenvalue weighted by atomic mass is 19.1. The summed E-state index contributed by atoms with van der Waals surface area (Å²) in [6, 6.07) is 11.7. The minimum absolute atomic E-state index is 0.132. The normalized spacial score (nSPS) is 10.0. The number of amides is 1. The van der Waals surface area contributed by atoms with E-state index in [1.54, 1.807) is 18.2 Å². The van der Waals surface area contributed by atoms with E-state index in [1.165, 1.54) is 31.2 Å². The van der Waals surface area contributed by atoms with Gasteiger partial charge in [-0.15, -0.1) is 0 Å². The predicted molar refractivity (Wildman–Crippen MR) is 81.8 cm³/mol. The summed E-state index contributed by atoms with van der Waals surface area (Å²) in [6.07, 6.45) is 0. The van der Waals surface area contributed by atoms with Crippen LogP contribution in [0.15, 0.2) is 48.5 Å². The van der Waals surface area contributed by atoms with Gasteiger partial charge in [-0.3, -0.25) is 9.59 Å². The Bertz CT molecular complexity index is 758. The van der Waals surface area contributed by atoms with Crippen molar-refractivity contribution in [1.29, 1.82) is 0 Å². The van der Waals surface area contributed by atoms with Gasteiger partial charge in [-0.2, -0.15) is 0 Å². The van der Waals surface area contributed by atoms with E-state index in [9.17, 15) is 18.8 Å². The molecular formula is C17H14FNO4. The van der Waals surface area contributed by atoms with Crippen LogP contribution in [0.3, 0.4) is 0 Å². The zero-order valence-electron chi connectivity index (χ0n) is 12.3. The van der Waals surface area contributed by atoms with Gasteiger partial charge in [0.1, 0.15) is 5.82 Å². The second-order valence-electron chi connectivity index (χ2n) is 4.74. The smallest absolute Gasteiger partial charge is 0.341 e. The standard InChI is InChI=1S/C17H14FNO4/c1-11(20)12-5-4-6-13(9-12)19-16(21)10-23-17(22)14-7-2-3-8-15(14)18/h2-9H,10H2,1H3,(H,19,21). The van der Waals surface area contributed by atoms with Gasteiger partial charge in [0.2, 0.25) is 0 Å². The minimum atomic E-state index is -0.921. The van der Waals surface area contributed by atoms with Gasteiger partial charge in [0.15, 0.2) is 12.4 Å². The lowest BCUT2D eigenvalue weighted by atomic mass is 10.1. The van der Waals surface area contributed by atoms with Gasteiger partial charge < -0.3 is 10.1 Å². The molecule has 0 radical (unpaired) electrons. The molecule has 0 aliphatic rings. The number of Topliss-reactive ketones (excluding diaryl/α,β-unsaturated/α-hetero) is 1. The molecule has 2 aromatic carbocycles. The molecule has 2 aromatic rings. The summed E-state index contributed by atoms with van der Waals surface area (Å²) >= 11 is 0. The number of benzene rings is 2. The molecule has 0 bridgehead atoms. The first-order valence-electron chi connectivity index (χ1n) is 6.80. The van der Waals surface area contributed by atoms with E-state index in [0.29, 0.717) is 11.3 Å². The lowest BCUT2D eigenvalue weighted by molar-refractivity contribution is -0.119. The van der Waals surface area contributed by atoms with Crippen molar-refractivity contribution in [3.05, 3.63) is 65.5 Å². The first-order chi connectivity index (χ1) is 11.0. The average Bonchev–Trinajstić information content (AvgIpc) is 2.53. The Balaban J connectivity index is 1.93. The Morgan fingerprint density at radius 1 is 1.09 bits per heavy atom. The van der Waals surface area contributed by atoms with Gasteiger partial charge in [0.25, 0.3) is 5.91 Å². The van der Waals surface area contributed by atoms with Gasteiger partial charge in [-0.25, -0.2) is 9.18 Å². The van der Waals surface area contributed by atoms with Crippen LogP contribution in [0.25, 0.3) is 0 Å². The maximum Gasteiger partial charge on any atom is 0.341 e. The molecule has 0 saturated carbocycles. The highest BCUT2D eigenvalue weighted by Crippen LogP contribution is 2.11. The monoisotopic (exact) mass is 315 g/mol. The molecule has 0 spiro atoms. The molecule has 6 heteroatoms. The summed E-state index contributed by atoms with van der Waals surface area (Å²) in [5, 5.41) is 2.50. The summed E-state index contributed by atoms with van der Waals surface area (Å²) in [4.78, 5) is 34.7. The minimum Gasteiger partial charge on any atom is -0.452 e. The van der Waals surface area contributed by atoms with E-state index in [4.69, 9.17) is 4.74 Å². The molecule has 0 aromatic heterocycles. The SMILES string of the molecule is CC(=O)c1cccc(NC(=O)COC(=O)c2ccccc2F)c1. The predicted octanol–water partition coefficient (Wildman–Crippen LogP) is 2.82. The fraction of sp³-hybridized carbons (Fsp3) is 0.118. The molecule has 0 saturated heterocycles. The quantitative estimate of drug-likeness (QED) is 0.680. The second kappa shape index (κ2) is 7.31. The van der Waals surface area contributed by atoms with Gasteiger partial charge in [0.05, 0.1) is 5.56 Å². The Morgan fingerprint density at radius 2 is 1.83 bits per heavy atom. The van der Waals surface area contributed by atoms with Crippen LogP contribution in [0, 0.1) is 5.82 Å². The second-order valence-corrected chi connectivity index (χ2v) is 4.74. The maximum atomic E-state index is 13.4. The van der Waals surface area contributed by atoms with Crippen molar-refractivity contribution in [1.82, 2.24) is 0 Å². The number of halogens is 1. The van der Waals surface area contributed by atoms with Crippen molar-refractivity contribution in [2.75, 3.05) is 11.9 Å². The highest BCUT2D eigenvalue weighted by Gasteiger charge is 2.14. The Labute approximate surface area is 132 Å². The van der Waals surface area contributed by atoms with Crippen molar-refractivity contribution in [3.63, 3.8) is 0 Å². The lowest BCUT2D eigenvalue weighted by Gasteiger charge is -2.08. The lowest BCUT2D eigenvalue weighted by Crippen LogP contribution is -2.21. The number of rotatable bonds is 5. The molecule has 0 unspecified atom stereocenters. The number of ether oxygens (including phenoxy) is 1. The van der Waals surface area contributed by atoms with Crippen LogP contribution in [0.2, 0.25) is 0 Å². The molecule has 0 aliphatic heterocycles. The summed E-state index contributed by atoms with van der Waals surface area (Å²) < 4.78 is 18.2. The van der Waals surface area contributed by atoms with Crippen LogP contribution in [0.4, 0.5) is 10.1 Å². The zero-order chi connectivity index (χ0) is 16.8. The fourth-order valence-corrected chi connectivity index (χ4v) is 1.85. The topological polar surface area (TPSA) is 72.5 Å². The van der Waals surface area contributed by atoms with Crippen LogP contribution >= 0.6 is 0 Å². The molecule has 23 heavy (non-hydrogen) atoms. The maximum absolute atomic E-state index is 13.4. The first-order valence-corrected chi connectivity index (χ1v) is 6.80. The number of hydrogen-bond donors (Lipinski definition) is 1. The van der Waals surface area contributed by atoms with E-state index >= 15 is 0 Å². The number of anilines is 1. The number of nitrogens with one attached hydrogen (secondary N) is 1. The molecule has 5 nitrogen and oxygen atoms in total. The molecule has 0 aliphatic carbocycles. The van der Waals surface area contributed by atoms with Crippen molar-refractivity contribution < 1.29 is 23.5 Å². The third-order valence-corrected chi connectivity index (χ3v) is 2.98. The number of esters is 1. The average molecular weight is 315 g/mol. The van der Waals surface area contributed by atoms with Crippen LogP contribution < -0.4 is 5.32 Å². The number of hydrogen-bond acceptors (Lipinski definition) is 4. The third kappa shape index (κ3) is 4.47. The third-order valence-electron chi connectivity index (χ3n) is 2.98. The van der Waals surface area contributed by atoms with Crippen molar-refractivity contribution in [2.24, 2.45) is 0 Å². The first kappa shape index (κ1) is 16.4. The van der Waals surface area contributed by atoms with Gasteiger partial charge >= 0.3 is 5.97 Å². The molecule has 1 N–H and O–H groups in total. The Hall–Kier alpha value is -3.02. The van der Waals surface area contributed by atoms with Crippen molar-refractivity contribution in [2.45, 2.75) is 6.92 Å². The van der Waals surface area contributed by atoms with Gasteiger partial charge in [-0.1, -0.05) is 24.3 Å². The summed E-state index contributed by atoms with van der Waals surface area (Å²) in [5.41, 5.74) is 0.620. The largest absolute Gasteiger partial charge is 0.452 e. The van der Waals surface area contributed by atoms with Crippen LogP contribution in [-0.2, 0) is 9.53 Å². The van der Waals surface area contributed by atoms with Gasteiger partial charge in [-0.05, 0) is 31.2 Å². The summed E-state index contributed by atoms with van der Waals surface area (Å²) in [6.45, 7) is 0.856. The van der Waals surface area contributed by atoms with E-state index in [-0.39, 0.29) is 11.3 Å². The summed E-state index contributed by atoms with van der Waals surface area (Å²) in [7, 11) is 0. The Kier molecular flexibility index (Phi) is 5.19. The number of carbonyl (C=O) groups excluding carboxylic acids is 3. The van der Waals surface area contributed by atoms with Crippen LogP contribution in [0.5, 0.6) is 0 Å². The number of carbonyl (C=O) groups is 3. The Morgan fingerprint density at radius 3 is 2.52 bits per heavy atom. The molecule has 2 rings (SSSR count). The molecule has 0 fully saturated rings. The molecule has 1 amide bonds. The van der Waals surface area contributed by atoms with Crippen molar-refractivity contribution >= 4 is 23.3 Å². The summed E-state index contributed by atoms with van der Waals surface area (Å²) in [5.74, 6) is -2.36. The van der Waals surface area contributed by atoms with E-state index in [0.717, 1.165) is 6.07 Å².